The highest BCUT2D eigenvalue weighted by molar-refractivity contribution is 6.37. The minimum absolute atomic E-state index is 0.141. The molecule has 0 aliphatic heterocycles. The summed E-state index contributed by atoms with van der Waals surface area (Å²) in [6, 6.07) is 3.10. The van der Waals surface area contributed by atoms with E-state index in [1.165, 1.54) is 0 Å². The Labute approximate surface area is 135 Å². The van der Waals surface area contributed by atoms with Gasteiger partial charge in [0, 0.05) is 18.1 Å². The van der Waals surface area contributed by atoms with Crippen LogP contribution in [0, 0.1) is 0 Å². The average Bonchev–Trinajstić information content (AvgIpc) is 2.39. The lowest BCUT2D eigenvalue weighted by molar-refractivity contribution is -0.116. The van der Waals surface area contributed by atoms with Gasteiger partial charge in [0.2, 0.25) is 5.91 Å². The predicted octanol–water partition coefficient (Wildman–Crippen LogP) is 4.50. The number of hydrogen-bond donors (Lipinski definition) is 2. The summed E-state index contributed by atoms with van der Waals surface area (Å²) < 4.78 is 5.60. The third-order valence-corrected chi connectivity index (χ3v) is 3.51. The van der Waals surface area contributed by atoms with Crippen molar-refractivity contribution >= 4 is 40.5 Å². The Balaban J connectivity index is 2.38. The third kappa shape index (κ3) is 6.55. The molecule has 118 valence electrons. The van der Waals surface area contributed by atoms with E-state index in [-0.39, 0.29) is 12.0 Å². The molecule has 0 heterocycles. The molecule has 1 aromatic rings. The smallest absolute Gasteiger partial charge is 0.224 e. The SMILES string of the molecule is CCCC(C)OCCCC(=O)Nc1c(N)cc(Cl)cc1Cl. The van der Waals surface area contributed by atoms with Gasteiger partial charge < -0.3 is 15.8 Å². The highest BCUT2D eigenvalue weighted by Crippen LogP contribution is 2.32. The summed E-state index contributed by atoms with van der Waals surface area (Å²) in [5, 5.41) is 3.48. The fraction of sp³-hybridized carbons (Fsp3) is 0.533. The van der Waals surface area contributed by atoms with Gasteiger partial charge in [-0.1, -0.05) is 36.5 Å². The molecule has 0 spiro atoms. The van der Waals surface area contributed by atoms with Gasteiger partial charge in [-0.15, -0.1) is 0 Å². The number of hydrogen-bond acceptors (Lipinski definition) is 3. The van der Waals surface area contributed by atoms with Crippen LogP contribution in [0.5, 0.6) is 0 Å². The Kier molecular flexibility index (Phi) is 7.86. The molecule has 1 aromatic carbocycles. The van der Waals surface area contributed by atoms with Gasteiger partial charge >= 0.3 is 0 Å². The lowest BCUT2D eigenvalue weighted by Gasteiger charge is -2.12. The molecule has 1 amide bonds. The van der Waals surface area contributed by atoms with Gasteiger partial charge in [0.15, 0.2) is 0 Å². The van der Waals surface area contributed by atoms with Crippen LogP contribution in [0.25, 0.3) is 0 Å². The molecule has 4 nitrogen and oxygen atoms in total. The number of nitrogens with one attached hydrogen (secondary N) is 1. The first-order valence-electron chi connectivity index (χ1n) is 7.10. The normalized spacial score (nSPS) is 12.2. The Morgan fingerprint density at radius 1 is 1.43 bits per heavy atom. The van der Waals surface area contributed by atoms with E-state index < -0.39 is 0 Å². The van der Waals surface area contributed by atoms with E-state index in [2.05, 4.69) is 12.2 Å². The van der Waals surface area contributed by atoms with Gasteiger partial charge in [0.1, 0.15) is 0 Å². The number of halogens is 2. The van der Waals surface area contributed by atoms with Crippen molar-refractivity contribution in [2.75, 3.05) is 17.7 Å². The third-order valence-electron chi connectivity index (χ3n) is 3.00. The van der Waals surface area contributed by atoms with Gasteiger partial charge in [-0.2, -0.15) is 0 Å². The second kappa shape index (κ2) is 9.13. The van der Waals surface area contributed by atoms with E-state index in [1.807, 2.05) is 6.92 Å². The Bertz CT molecular complexity index is 458. The van der Waals surface area contributed by atoms with Crippen LogP contribution >= 0.6 is 23.2 Å². The molecule has 21 heavy (non-hydrogen) atoms. The Hall–Kier alpha value is -0.970. The zero-order valence-electron chi connectivity index (χ0n) is 12.4. The highest BCUT2D eigenvalue weighted by Gasteiger charge is 2.10. The van der Waals surface area contributed by atoms with Crippen molar-refractivity contribution in [3.05, 3.63) is 22.2 Å². The molecule has 1 atom stereocenters. The van der Waals surface area contributed by atoms with Gasteiger partial charge in [-0.05, 0) is 31.9 Å². The standard InChI is InChI=1S/C15H22Cl2N2O2/c1-3-5-10(2)21-7-4-6-14(20)19-15-12(17)8-11(16)9-13(15)18/h8-10H,3-7,18H2,1-2H3,(H,19,20). The largest absolute Gasteiger partial charge is 0.397 e. The topological polar surface area (TPSA) is 64.3 Å². The first kappa shape index (κ1) is 18.1. The molecule has 0 fully saturated rings. The van der Waals surface area contributed by atoms with Crippen molar-refractivity contribution < 1.29 is 9.53 Å². The van der Waals surface area contributed by atoms with Crippen molar-refractivity contribution in [2.24, 2.45) is 0 Å². The van der Waals surface area contributed by atoms with E-state index in [9.17, 15) is 4.79 Å². The molecule has 0 aliphatic carbocycles. The number of benzene rings is 1. The zero-order chi connectivity index (χ0) is 15.8. The zero-order valence-corrected chi connectivity index (χ0v) is 13.9. The van der Waals surface area contributed by atoms with Crippen LogP contribution in [0.15, 0.2) is 12.1 Å². The second-order valence-corrected chi connectivity index (χ2v) is 5.82. The van der Waals surface area contributed by atoms with E-state index >= 15 is 0 Å². The van der Waals surface area contributed by atoms with Crippen molar-refractivity contribution in [3.8, 4) is 0 Å². The summed E-state index contributed by atoms with van der Waals surface area (Å²) in [5.74, 6) is -0.141. The molecule has 0 aliphatic rings. The minimum atomic E-state index is -0.141. The summed E-state index contributed by atoms with van der Waals surface area (Å²) >= 11 is 11.8. The number of anilines is 2. The van der Waals surface area contributed by atoms with Crippen molar-refractivity contribution in [3.63, 3.8) is 0 Å². The molecule has 0 saturated heterocycles. The molecule has 0 bridgehead atoms. The summed E-state index contributed by atoms with van der Waals surface area (Å²) in [5.41, 5.74) is 6.55. The van der Waals surface area contributed by atoms with Gasteiger partial charge in [-0.25, -0.2) is 0 Å². The van der Waals surface area contributed by atoms with Crippen molar-refractivity contribution in [1.29, 1.82) is 0 Å². The quantitative estimate of drug-likeness (QED) is 0.544. The first-order valence-corrected chi connectivity index (χ1v) is 7.85. The molecule has 1 rings (SSSR count). The van der Waals surface area contributed by atoms with E-state index in [4.69, 9.17) is 33.7 Å². The first-order chi connectivity index (χ1) is 9.93. The summed E-state index contributed by atoms with van der Waals surface area (Å²) in [4.78, 5) is 11.9. The molecule has 0 saturated carbocycles. The van der Waals surface area contributed by atoms with E-state index in [0.29, 0.717) is 40.9 Å². The van der Waals surface area contributed by atoms with Crippen molar-refractivity contribution in [1.82, 2.24) is 0 Å². The summed E-state index contributed by atoms with van der Waals surface area (Å²) in [6.07, 6.45) is 3.38. The number of nitrogen functional groups attached to an aromatic ring is 1. The maximum absolute atomic E-state index is 11.9. The Morgan fingerprint density at radius 3 is 2.76 bits per heavy atom. The van der Waals surface area contributed by atoms with Crippen LogP contribution in [0.4, 0.5) is 11.4 Å². The maximum Gasteiger partial charge on any atom is 0.224 e. The predicted molar refractivity (Wildman–Crippen MR) is 89.1 cm³/mol. The minimum Gasteiger partial charge on any atom is -0.397 e. The van der Waals surface area contributed by atoms with Gasteiger partial charge in [0.05, 0.1) is 22.5 Å². The summed E-state index contributed by atoms with van der Waals surface area (Å²) in [6.45, 7) is 4.73. The highest BCUT2D eigenvalue weighted by atomic mass is 35.5. The molecule has 6 heteroatoms. The number of rotatable bonds is 8. The van der Waals surface area contributed by atoms with Crippen molar-refractivity contribution in [2.45, 2.75) is 45.6 Å². The second-order valence-electron chi connectivity index (χ2n) is 4.97. The van der Waals surface area contributed by atoms with Gasteiger partial charge in [0.25, 0.3) is 0 Å². The number of amides is 1. The molecule has 3 N–H and O–H groups in total. The number of ether oxygens (including phenoxy) is 1. The molecule has 1 unspecified atom stereocenters. The average molecular weight is 333 g/mol. The number of carbonyl (C=O) groups excluding carboxylic acids is 1. The van der Waals surface area contributed by atoms with E-state index in [0.717, 1.165) is 12.8 Å². The van der Waals surface area contributed by atoms with Gasteiger partial charge in [-0.3, -0.25) is 4.79 Å². The monoisotopic (exact) mass is 332 g/mol. The lowest BCUT2D eigenvalue weighted by Crippen LogP contribution is -2.15. The fourth-order valence-corrected chi connectivity index (χ4v) is 2.49. The van der Waals surface area contributed by atoms with Crippen LogP contribution < -0.4 is 11.1 Å². The Morgan fingerprint density at radius 2 is 2.14 bits per heavy atom. The van der Waals surface area contributed by atoms with Crippen LogP contribution in [-0.2, 0) is 9.53 Å². The van der Waals surface area contributed by atoms with Crippen LogP contribution in [0.1, 0.15) is 39.5 Å². The summed E-state index contributed by atoms with van der Waals surface area (Å²) in [7, 11) is 0. The van der Waals surface area contributed by atoms with E-state index in [1.54, 1.807) is 12.1 Å². The van der Waals surface area contributed by atoms with Crippen LogP contribution in [0.3, 0.4) is 0 Å². The lowest BCUT2D eigenvalue weighted by atomic mass is 10.2. The van der Waals surface area contributed by atoms with Crippen LogP contribution in [0.2, 0.25) is 10.0 Å². The van der Waals surface area contributed by atoms with Crippen LogP contribution in [-0.4, -0.2) is 18.6 Å². The number of nitrogens with two attached hydrogens (primary N) is 1. The molecular weight excluding hydrogens is 311 g/mol. The molecule has 0 aromatic heterocycles. The number of carbonyl (C=O) groups is 1. The molecule has 0 radical (unpaired) electrons. The molecular formula is C15H22Cl2N2O2. The fourth-order valence-electron chi connectivity index (χ4n) is 1.93. The maximum atomic E-state index is 11.9.